The van der Waals surface area contributed by atoms with Crippen molar-refractivity contribution >= 4 is 11.3 Å². The van der Waals surface area contributed by atoms with E-state index in [0.717, 1.165) is 42.4 Å². The maximum absolute atomic E-state index is 5.37. The molecule has 0 radical (unpaired) electrons. The Balaban J connectivity index is 1.99. The molecule has 0 aliphatic heterocycles. The van der Waals surface area contributed by atoms with Gasteiger partial charge in [0.05, 0.1) is 17.8 Å². The van der Waals surface area contributed by atoms with Gasteiger partial charge >= 0.3 is 0 Å². The molecule has 0 fully saturated rings. The van der Waals surface area contributed by atoms with Gasteiger partial charge in [-0.25, -0.2) is 4.98 Å². The van der Waals surface area contributed by atoms with Crippen molar-refractivity contribution in [2.24, 2.45) is 0 Å². The van der Waals surface area contributed by atoms with E-state index in [2.05, 4.69) is 28.7 Å². The molecule has 102 valence electrons. The Kier molecular flexibility index (Phi) is 5.36. The highest BCUT2D eigenvalue weighted by atomic mass is 32.1. The molecule has 0 saturated carbocycles. The van der Waals surface area contributed by atoms with Gasteiger partial charge < -0.3 is 10.1 Å². The van der Waals surface area contributed by atoms with Gasteiger partial charge in [0.2, 0.25) is 0 Å². The number of thiazole rings is 1. The molecule has 2 rings (SSSR count). The van der Waals surface area contributed by atoms with Gasteiger partial charge in [0, 0.05) is 23.9 Å². The van der Waals surface area contributed by atoms with Crippen molar-refractivity contribution in [2.75, 3.05) is 13.7 Å². The second kappa shape index (κ2) is 7.26. The summed E-state index contributed by atoms with van der Waals surface area (Å²) >= 11 is 1.71. The lowest BCUT2D eigenvalue weighted by atomic mass is 10.1. The van der Waals surface area contributed by atoms with E-state index in [1.54, 1.807) is 18.4 Å². The molecule has 4 heteroatoms. The molecule has 1 heterocycles. The minimum atomic E-state index is 0.836. The maximum atomic E-state index is 5.37. The number of rotatable bonds is 7. The molecular formula is C15H20N2OS. The predicted molar refractivity (Wildman–Crippen MR) is 79.9 cm³/mol. The summed E-state index contributed by atoms with van der Waals surface area (Å²) in [7, 11) is 1.71. The first-order valence-corrected chi connectivity index (χ1v) is 7.47. The van der Waals surface area contributed by atoms with E-state index < -0.39 is 0 Å². The molecule has 0 spiro atoms. The molecule has 0 amide bonds. The van der Waals surface area contributed by atoms with Crippen LogP contribution >= 0.6 is 11.3 Å². The lowest BCUT2D eigenvalue weighted by Gasteiger charge is -2.05. The second-order valence-corrected chi connectivity index (χ2v) is 5.34. The predicted octanol–water partition coefficient (Wildman–Crippen LogP) is 3.24. The van der Waals surface area contributed by atoms with Crippen LogP contribution in [0.3, 0.4) is 0 Å². The summed E-state index contributed by atoms with van der Waals surface area (Å²) in [5.74, 6) is 0.934. The summed E-state index contributed by atoms with van der Waals surface area (Å²) in [6.07, 6.45) is 1.99. The van der Waals surface area contributed by atoms with Crippen LogP contribution in [0, 0.1) is 0 Å². The second-order valence-electron chi connectivity index (χ2n) is 4.40. The van der Waals surface area contributed by atoms with Crippen molar-refractivity contribution < 1.29 is 4.74 Å². The van der Waals surface area contributed by atoms with Crippen molar-refractivity contribution in [3.05, 3.63) is 45.9 Å². The third-order valence-corrected chi connectivity index (χ3v) is 3.76. The first kappa shape index (κ1) is 14.0. The highest BCUT2D eigenvalue weighted by Gasteiger charge is 2.06. The number of hydrogen-bond acceptors (Lipinski definition) is 4. The fourth-order valence-electron chi connectivity index (χ4n) is 1.92. The largest absolute Gasteiger partial charge is 0.496 e. The summed E-state index contributed by atoms with van der Waals surface area (Å²) in [6.45, 7) is 4.07. The Hall–Kier alpha value is -1.39. The molecule has 0 aliphatic rings. The molecule has 0 aliphatic carbocycles. The molecule has 0 atom stereocenters. The highest BCUT2D eigenvalue weighted by Crippen LogP contribution is 2.22. The molecular weight excluding hydrogens is 256 g/mol. The molecule has 0 saturated heterocycles. The third kappa shape index (κ3) is 4.04. The van der Waals surface area contributed by atoms with Crippen molar-refractivity contribution in [3.63, 3.8) is 0 Å². The van der Waals surface area contributed by atoms with Gasteiger partial charge in [0.25, 0.3) is 0 Å². The van der Waals surface area contributed by atoms with Crippen LogP contribution in [0.5, 0.6) is 5.75 Å². The summed E-state index contributed by atoms with van der Waals surface area (Å²) in [6, 6.07) is 8.11. The number of methoxy groups -OCH3 is 1. The summed E-state index contributed by atoms with van der Waals surface area (Å²) < 4.78 is 5.37. The van der Waals surface area contributed by atoms with Crippen LogP contribution < -0.4 is 10.1 Å². The van der Waals surface area contributed by atoms with E-state index in [1.807, 2.05) is 18.2 Å². The van der Waals surface area contributed by atoms with Gasteiger partial charge in [-0.2, -0.15) is 0 Å². The van der Waals surface area contributed by atoms with Crippen molar-refractivity contribution in [2.45, 2.75) is 26.3 Å². The standard InChI is InChI=1S/C15H20N2OS/c1-3-8-16-10-13-11-19-15(17-13)9-12-6-4-5-7-14(12)18-2/h4-7,11,16H,3,8-10H2,1-2H3. The summed E-state index contributed by atoms with van der Waals surface area (Å²) in [4.78, 5) is 4.65. The molecule has 3 nitrogen and oxygen atoms in total. The van der Waals surface area contributed by atoms with E-state index in [4.69, 9.17) is 4.74 Å². The minimum Gasteiger partial charge on any atom is -0.496 e. The summed E-state index contributed by atoms with van der Waals surface area (Å²) in [5.41, 5.74) is 2.32. The Morgan fingerprint density at radius 1 is 1.32 bits per heavy atom. The Morgan fingerprint density at radius 2 is 2.16 bits per heavy atom. The maximum Gasteiger partial charge on any atom is 0.122 e. The average molecular weight is 276 g/mol. The Morgan fingerprint density at radius 3 is 2.95 bits per heavy atom. The van der Waals surface area contributed by atoms with Gasteiger partial charge in [-0.3, -0.25) is 0 Å². The molecule has 2 aromatic rings. The summed E-state index contributed by atoms with van der Waals surface area (Å²) in [5, 5.41) is 6.64. The van der Waals surface area contributed by atoms with Crippen LogP contribution in [-0.4, -0.2) is 18.6 Å². The quantitative estimate of drug-likeness (QED) is 0.788. The minimum absolute atomic E-state index is 0.836. The SMILES string of the molecule is CCCNCc1csc(Cc2ccccc2OC)n1. The van der Waals surface area contributed by atoms with E-state index in [-0.39, 0.29) is 0 Å². The van der Waals surface area contributed by atoms with E-state index in [1.165, 1.54) is 5.56 Å². The highest BCUT2D eigenvalue weighted by molar-refractivity contribution is 7.09. The Bertz CT molecular complexity index is 510. The number of nitrogens with one attached hydrogen (secondary N) is 1. The Labute approximate surface area is 118 Å². The van der Waals surface area contributed by atoms with Gasteiger partial charge in [-0.15, -0.1) is 11.3 Å². The van der Waals surface area contributed by atoms with Crippen LogP contribution in [0.25, 0.3) is 0 Å². The number of hydrogen-bond donors (Lipinski definition) is 1. The lowest BCUT2D eigenvalue weighted by Crippen LogP contribution is -2.13. The molecule has 1 aromatic carbocycles. The lowest BCUT2D eigenvalue weighted by molar-refractivity contribution is 0.410. The number of aromatic nitrogens is 1. The number of benzene rings is 1. The molecule has 0 bridgehead atoms. The number of nitrogens with zero attached hydrogens (tertiary/aromatic N) is 1. The van der Waals surface area contributed by atoms with E-state index >= 15 is 0 Å². The first-order valence-electron chi connectivity index (χ1n) is 6.59. The number of para-hydroxylation sites is 1. The zero-order chi connectivity index (χ0) is 13.5. The van der Waals surface area contributed by atoms with Crippen molar-refractivity contribution in [1.82, 2.24) is 10.3 Å². The topological polar surface area (TPSA) is 34.1 Å². The van der Waals surface area contributed by atoms with Gasteiger partial charge in [-0.05, 0) is 19.0 Å². The van der Waals surface area contributed by atoms with Gasteiger partial charge in [0.15, 0.2) is 0 Å². The zero-order valence-corrected chi connectivity index (χ0v) is 12.3. The third-order valence-electron chi connectivity index (χ3n) is 2.87. The molecule has 0 unspecified atom stereocenters. The van der Waals surface area contributed by atoms with E-state index in [0.29, 0.717) is 0 Å². The van der Waals surface area contributed by atoms with E-state index in [9.17, 15) is 0 Å². The van der Waals surface area contributed by atoms with Crippen molar-refractivity contribution in [3.8, 4) is 5.75 Å². The molecule has 19 heavy (non-hydrogen) atoms. The van der Waals surface area contributed by atoms with Crippen molar-refractivity contribution in [1.29, 1.82) is 0 Å². The monoisotopic (exact) mass is 276 g/mol. The first-order chi connectivity index (χ1) is 9.33. The van der Waals surface area contributed by atoms with Crippen LogP contribution in [0.2, 0.25) is 0 Å². The average Bonchev–Trinajstić information content (AvgIpc) is 2.87. The molecule has 1 aromatic heterocycles. The zero-order valence-electron chi connectivity index (χ0n) is 11.5. The van der Waals surface area contributed by atoms with Crippen LogP contribution in [0.1, 0.15) is 29.6 Å². The van der Waals surface area contributed by atoms with Crippen LogP contribution in [0.4, 0.5) is 0 Å². The molecule has 1 N–H and O–H groups in total. The van der Waals surface area contributed by atoms with Gasteiger partial charge in [-0.1, -0.05) is 25.1 Å². The fourth-order valence-corrected chi connectivity index (χ4v) is 2.73. The fraction of sp³-hybridized carbons (Fsp3) is 0.400. The number of ether oxygens (including phenoxy) is 1. The van der Waals surface area contributed by atoms with Gasteiger partial charge in [0.1, 0.15) is 5.75 Å². The van der Waals surface area contributed by atoms with Crippen LogP contribution in [0.15, 0.2) is 29.6 Å². The van der Waals surface area contributed by atoms with Crippen LogP contribution in [-0.2, 0) is 13.0 Å². The normalized spacial score (nSPS) is 10.6. The smallest absolute Gasteiger partial charge is 0.122 e.